The van der Waals surface area contributed by atoms with Crippen LogP contribution in [0.5, 0.6) is 0 Å². The van der Waals surface area contributed by atoms with Gasteiger partial charge in [-0.1, -0.05) is 386 Å². The van der Waals surface area contributed by atoms with Crippen molar-refractivity contribution in [2.24, 2.45) is 0 Å². The first-order chi connectivity index (χ1) is 40.5. The Labute approximate surface area is 513 Å². The lowest BCUT2D eigenvalue weighted by molar-refractivity contribution is -0.167. The second-order valence-electron chi connectivity index (χ2n) is 25.9. The van der Waals surface area contributed by atoms with E-state index in [0.717, 1.165) is 64.2 Å². The summed E-state index contributed by atoms with van der Waals surface area (Å²) in [6.07, 6.45) is 87.1. The molecule has 0 saturated heterocycles. The summed E-state index contributed by atoms with van der Waals surface area (Å²) in [6, 6.07) is 0. The van der Waals surface area contributed by atoms with Crippen molar-refractivity contribution in [3.05, 3.63) is 12.2 Å². The van der Waals surface area contributed by atoms with Gasteiger partial charge in [0.05, 0.1) is 0 Å². The first kappa shape index (κ1) is 80.2. The minimum absolute atomic E-state index is 0.0666. The first-order valence-corrected chi connectivity index (χ1v) is 37.7. The van der Waals surface area contributed by atoms with Crippen LogP contribution in [0.4, 0.5) is 0 Å². The fourth-order valence-electron chi connectivity index (χ4n) is 11.9. The molecule has 0 saturated carbocycles. The fraction of sp³-hybridized carbons (Fsp3) is 0.934. The number of ether oxygens (including phenoxy) is 3. The molecular weight excluding hydrogens is 1010 g/mol. The van der Waals surface area contributed by atoms with Crippen molar-refractivity contribution in [2.75, 3.05) is 13.2 Å². The lowest BCUT2D eigenvalue weighted by Gasteiger charge is -2.18. The molecule has 0 aliphatic heterocycles. The van der Waals surface area contributed by atoms with Crippen LogP contribution in [0.3, 0.4) is 0 Å². The van der Waals surface area contributed by atoms with Gasteiger partial charge in [0.2, 0.25) is 0 Å². The highest BCUT2D eigenvalue weighted by molar-refractivity contribution is 5.71. The molecule has 6 heteroatoms. The first-order valence-electron chi connectivity index (χ1n) is 37.7. The van der Waals surface area contributed by atoms with E-state index in [-0.39, 0.29) is 31.1 Å². The molecule has 0 aliphatic rings. The largest absolute Gasteiger partial charge is 0.462 e. The maximum Gasteiger partial charge on any atom is 0.306 e. The Morgan fingerprint density at radius 2 is 0.402 bits per heavy atom. The molecule has 0 amide bonds. The van der Waals surface area contributed by atoms with Gasteiger partial charge in [0.15, 0.2) is 6.10 Å². The van der Waals surface area contributed by atoms with Gasteiger partial charge in [-0.2, -0.15) is 0 Å². The molecule has 6 nitrogen and oxygen atoms in total. The van der Waals surface area contributed by atoms with Gasteiger partial charge in [0.1, 0.15) is 13.2 Å². The van der Waals surface area contributed by atoms with Gasteiger partial charge in [0, 0.05) is 19.3 Å². The Morgan fingerprint density at radius 3 is 0.610 bits per heavy atom. The highest BCUT2D eigenvalue weighted by Crippen LogP contribution is 2.20. The third-order valence-corrected chi connectivity index (χ3v) is 17.5. The van der Waals surface area contributed by atoms with E-state index >= 15 is 0 Å². The normalized spacial score (nSPS) is 12.0. The third-order valence-electron chi connectivity index (χ3n) is 17.5. The Balaban J connectivity index is 4.06. The molecular formula is C76H146O6. The Hall–Kier alpha value is -1.85. The highest BCUT2D eigenvalue weighted by Gasteiger charge is 2.20. The molecule has 0 N–H and O–H groups in total. The van der Waals surface area contributed by atoms with Crippen LogP contribution >= 0.6 is 0 Å². The van der Waals surface area contributed by atoms with Crippen LogP contribution in [0.1, 0.15) is 438 Å². The van der Waals surface area contributed by atoms with E-state index < -0.39 is 6.10 Å². The standard InChI is InChI=1S/C76H146O6/c1-4-7-10-13-16-19-22-25-28-30-31-32-33-34-35-36-37-38-39-40-41-42-43-44-45-46-47-49-51-54-57-60-63-66-69-75(78)81-72-73(71-80-74(77)68-65-62-59-56-53-50-27-24-21-18-15-12-9-6-3)82-76(79)70-67-64-61-58-55-52-48-29-26-23-20-17-14-11-8-5-2/h29,48,73H,4-28,30-47,49-72H2,1-3H3/b48-29-. The van der Waals surface area contributed by atoms with E-state index in [4.69, 9.17) is 14.2 Å². The van der Waals surface area contributed by atoms with Crippen LogP contribution in [-0.2, 0) is 28.6 Å². The summed E-state index contributed by atoms with van der Waals surface area (Å²) in [5, 5.41) is 0. The number of hydrogen-bond donors (Lipinski definition) is 0. The predicted octanol–water partition coefficient (Wildman–Crippen LogP) is 26.0. The van der Waals surface area contributed by atoms with Crippen molar-refractivity contribution in [1.29, 1.82) is 0 Å². The summed E-state index contributed by atoms with van der Waals surface area (Å²) in [4.78, 5) is 38.4. The van der Waals surface area contributed by atoms with Crippen LogP contribution < -0.4 is 0 Å². The van der Waals surface area contributed by atoms with Crippen LogP contribution in [-0.4, -0.2) is 37.2 Å². The number of carbonyl (C=O) groups excluding carboxylic acids is 3. The lowest BCUT2D eigenvalue weighted by atomic mass is 10.0. The number of esters is 3. The van der Waals surface area contributed by atoms with Gasteiger partial charge < -0.3 is 14.2 Å². The van der Waals surface area contributed by atoms with Crippen molar-refractivity contribution in [3.8, 4) is 0 Å². The van der Waals surface area contributed by atoms with E-state index in [2.05, 4.69) is 32.9 Å². The molecule has 82 heavy (non-hydrogen) atoms. The summed E-state index contributed by atoms with van der Waals surface area (Å²) in [6.45, 7) is 6.72. The van der Waals surface area contributed by atoms with E-state index in [9.17, 15) is 14.4 Å². The molecule has 486 valence electrons. The van der Waals surface area contributed by atoms with Gasteiger partial charge in [-0.25, -0.2) is 0 Å². The molecule has 0 bridgehead atoms. The zero-order chi connectivity index (χ0) is 59.2. The Morgan fingerprint density at radius 1 is 0.232 bits per heavy atom. The van der Waals surface area contributed by atoms with Crippen molar-refractivity contribution < 1.29 is 28.6 Å². The third kappa shape index (κ3) is 68.9. The lowest BCUT2D eigenvalue weighted by Crippen LogP contribution is -2.30. The molecule has 0 heterocycles. The van der Waals surface area contributed by atoms with Crippen LogP contribution in [0.15, 0.2) is 12.2 Å². The van der Waals surface area contributed by atoms with Gasteiger partial charge in [0.25, 0.3) is 0 Å². The monoisotopic (exact) mass is 1160 g/mol. The highest BCUT2D eigenvalue weighted by atomic mass is 16.6. The Bertz CT molecular complexity index is 1280. The zero-order valence-corrected chi connectivity index (χ0v) is 56.1. The molecule has 1 unspecified atom stereocenters. The predicted molar refractivity (Wildman–Crippen MR) is 358 cm³/mol. The van der Waals surface area contributed by atoms with Gasteiger partial charge in [-0.3, -0.25) is 14.4 Å². The van der Waals surface area contributed by atoms with Crippen LogP contribution in [0.2, 0.25) is 0 Å². The minimum Gasteiger partial charge on any atom is -0.462 e. The topological polar surface area (TPSA) is 78.9 Å². The van der Waals surface area contributed by atoms with Gasteiger partial charge >= 0.3 is 17.9 Å². The second-order valence-corrected chi connectivity index (χ2v) is 25.9. The van der Waals surface area contributed by atoms with Crippen LogP contribution in [0.25, 0.3) is 0 Å². The average Bonchev–Trinajstić information content (AvgIpc) is 3.47. The SMILES string of the molecule is CCCCCCCCC/C=C\CCCCCCCC(=O)OC(COC(=O)CCCCCCCCCCCCCCCC)COC(=O)CCCCCCCCCCCCCCCCCCCCCCCCCCCCCCCCCCCC. The molecule has 1 atom stereocenters. The summed E-state index contributed by atoms with van der Waals surface area (Å²) in [5.74, 6) is -0.840. The average molecular weight is 1160 g/mol. The van der Waals surface area contributed by atoms with Crippen molar-refractivity contribution in [3.63, 3.8) is 0 Å². The summed E-state index contributed by atoms with van der Waals surface area (Å²) >= 11 is 0. The molecule has 0 aromatic carbocycles. The molecule has 0 spiro atoms. The van der Waals surface area contributed by atoms with Gasteiger partial charge in [-0.05, 0) is 44.9 Å². The van der Waals surface area contributed by atoms with Crippen LogP contribution in [0, 0.1) is 0 Å². The zero-order valence-electron chi connectivity index (χ0n) is 56.1. The molecule has 0 radical (unpaired) electrons. The summed E-state index contributed by atoms with van der Waals surface area (Å²) in [7, 11) is 0. The molecule has 0 fully saturated rings. The maximum atomic E-state index is 12.9. The minimum atomic E-state index is -0.771. The van der Waals surface area contributed by atoms with E-state index in [1.807, 2.05) is 0 Å². The van der Waals surface area contributed by atoms with E-state index in [0.29, 0.717) is 19.3 Å². The second kappa shape index (κ2) is 71.6. The molecule has 0 aromatic heterocycles. The molecule has 0 aromatic rings. The number of carbonyl (C=O) groups is 3. The fourth-order valence-corrected chi connectivity index (χ4v) is 11.9. The maximum absolute atomic E-state index is 12.9. The quantitative estimate of drug-likeness (QED) is 0.0261. The number of rotatable bonds is 71. The Kier molecular flexibility index (Phi) is 70.0. The van der Waals surface area contributed by atoms with Crippen molar-refractivity contribution >= 4 is 17.9 Å². The van der Waals surface area contributed by atoms with E-state index in [1.165, 1.54) is 334 Å². The molecule has 0 aliphatic carbocycles. The number of hydrogen-bond acceptors (Lipinski definition) is 6. The smallest absolute Gasteiger partial charge is 0.306 e. The summed E-state index contributed by atoms with van der Waals surface area (Å²) in [5.41, 5.74) is 0. The van der Waals surface area contributed by atoms with Gasteiger partial charge in [-0.15, -0.1) is 0 Å². The van der Waals surface area contributed by atoms with E-state index in [1.54, 1.807) is 0 Å². The van der Waals surface area contributed by atoms with Crippen molar-refractivity contribution in [1.82, 2.24) is 0 Å². The van der Waals surface area contributed by atoms with Crippen molar-refractivity contribution in [2.45, 2.75) is 444 Å². The number of unbranched alkanes of at least 4 members (excludes halogenated alkanes) is 58. The summed E-state index contributed by atoms with van der Waals surface area (Å²) < 4.78 is 17.0. The number of allylic oxidation sites excluding steroid dienone is 2. The molecule has 0 rings (SSSR count).